The molecule has 2 fully saturated rings. The van der Waals surface area contributed by atoms with Crippen molar-refractivity contribution in [3.63, 3.8) is 0 Å². The molecule has 0 spiro atoms. The summed E-state index contributed by atoms with van der Waals surface area (Å²) in [5.41, 5.74) is 3.36. The van der Waals surface area contributed by atoms with Crippen LogP contribution >= 0.6 is 11.6 Å². The predicted octanol–water partition coefficient (Wildman–Crippen LogP) is 4.48. The first-order chi connectivity index (χ1) is 7.21. The van der Waals surface area contributed by atoms with Crippen LogP contribution in [0.15, 0.2) is 18.2 Å². The molecule has 0 bridgehead atoms. The lowest BCUT2D eigenvalue weighted by Gasteiger charge is -2.23. The average molecular weight is 221 g/mol. The molecule has 0 nitrogen and oxygen atoms in total. The van der Waals surface area contributed by atoms with Gasteiger partial charge in [-0.15, -0.1) is 0 Å². The minimum atomic E-state index is 0.536. The first kappa shape index (κ1) is 9.72. The maximum absolute atomic E-state index is 6.15. The van der Waals surface area contributed by atoms with Crippen LogP contribution in [0.3, 0.4) is 0 Å². The summed E-state index contributed by atoms with van der Waals surface area (Å²) in [5.74, 6) is 0.962. The third kappa shape index (κ3) is 1.50. The number of halogens is 1. The van der Waals surface area contributed by atoms with Gasteiger partial charge in [-0.05, 0) is 60.8 Å². The molecule has 2 aliphatic rings. The van der Waals surface area contributed by atoms with Crippen molar-refractivity contribution < 1.29 is 0 Å². The molecular formula is C14H17Cl. The molecule has 0 N–H and O–H groups in total. The van der Waals surface area contributed by atoms with Crippen LogP contribution in [0, 0.1) is 12.8 Å². The van der Waals surface area contributed by atoms with Crippen molar-refractivity contribution in [2.45, 2.75) is 44.4 Å². The number of fused-ring (bicyclic) bond motifs is 1. The lowest BCUT2D eigenvalue weighted by Crippen LogP contribution is -2.14. The Morgan fingerprint density at radius 2 is 2.13 bits per heavy atom. The Morgan fingerprint density at radius 1 is 1.27 bits per heavy atom. The molecule has 1 aromatic rings. The van der Waals surface area contributed by atoms with E-state index in [1.165, 1.54) is 43.2 Å². The van der Waals surface area contributed by atoms with Crippen LogP contribution in [0.2, 0.25) is 5.02 Å². The van der Waals surface area contributed by atoms with Gasteiger partial charge in [-0.3, -0.25) is 0 Å². The molecule has 1 aromatic carbocycles. The summed E-state index contributed by atoms with van der Waals surface area (Å²) in [6.07, 6.45) is 7.07. The highest BCUT2D eigenvalue weighted by atomic mass is 35.5. The summed E-state index contributed by atoms with van der Waals surface area (Å²) in [4.78, 5) is 0. The maximum Gasteiger partial charge on any atom is 0.0411 e. The quantitative estimate of drug-likeness (QED) is 0.655. The highest BCUT2D eigenvalue weighted by molar-refractivity contribution is 6.30. The average Bonchev–Trinajstić information content (AvgIpc) is 2.91. The first-order valence-electron chi connectivity index (χ1n) is 5.98. The van der Waals surface area contributed by atoms with E-state index in [-0.39, 0.29) is 0 Å². The smallest absolute Gasteiger partial charge is 0.0411 e. The van der Waals surface area contributed by atoms with Gasteiger partial charge in [-0.25, -0.2) is 0 Å². The zero-order chi connectivity index (χ0) is 10.5. The Morgan fingerprint density at radius 3 is 2.87 bits per heavy atom. The second-order valence-corrected chi connectivity index (χ2v) is 5.76. The molecular weight excluding hydrogens is 204 g/mol. The van der Waals surface area contributed by atoms with E-state index in [1.807, 2.05) is 0 Å². The van der Waals surface area contributed by atoms with Crippen LogP contribution in [0.25, 0.3) is 0 Å². The minimum absolute atomic E-state index is 0.536. The van der Waals surface area contributed by atoms with Gasteiger partial charge in [0.1, 0.15) is 0 Å². The molecule has 0 aliphatic heterocycles. The fourth-order valence-electron chi connectivity index (χ4n) is 3.42. The highest BCUT2D eigenvalue weighted by Crippen LogP contribution is 2.62. The summed E-state index contributed by atoms with van der Waals surface area (Å²) < 4.78 is 0. The fourth-order valence-corrected chi connectivity index (χ4v) is 3.71. The van der Waals surface area contributed by atoms with E-state index in [0.29, 0.717) is 5.41 Å². The summed E-state index contributed by atoms with van der Waals surface area (Å²) >= 11 is 6.15. The van der Waals surface area contributed by atoms with Gasteiger partial charge in [0.15, 0.2) is 0 Å². The lowest BCUT2D eigenvalue weighted by molar-refractivity contribution is 0.428. The molecule has 0 saturated heterocycles. The van der Waals surface area contributed by atoms with E-state index in [4.69, 9.17) is 11.6 Å². The van der Waals surface area contributed by atoms with Gasteiger partial charge in [0.2, 0.25) is 0 Å². The molecule has 0 radical (unpaired) electrons. The van der Waals surface area contributed by atoms with Crippen LogP contribution in [0.5, 0.6) is 0 Å². The van der Waals surface area contributed by atoms with Crippen LogP contribution in [-0.4, -0.2) is 0 Å². The van der Waals surface area contributed by atoms with E-state index in [2.05, 4.69) is 25.1 Å². The molecule has 0 amide bonds. The normalized spacial score (nSPS) is 33.6. The largest absolute Gasteiger partial charge is 0.0843 e. The molecule has 2 aliphatic carbocycles. The summed E-state index contributed by atoms with van der Waals surface area (Å²) in [6, 6.07) is 6.60. The molecule has 0 heterocycles. The number of hydrogen-bond acceptors (Lipinski definition) is 0. The van der Waals surface area contributed by atoms with Crippen LogP contribution in [0.4, 0.5) is 0 Å². The van der Waals surface area contributed by atoms with Crippen molar-refractivity contribution in [3.05, 3.63) is 34.3 Å². The van der Waals surface area contributed by atoms with Gasteiger partial charge in [-0.1, -0.05) is 30.5 Å². The van der Waals surface area contributed by atoms with Crippen LogP contribution < -0.4 is 0 Å². The third-order valence-corrected chi connectivity index (χ3v) is 4.49. The van der Waals surface area contributed by atoms with Crippen molar-refractivity contribution in [2.75, 3.05) is 0 Å². The summed E-state index contributed by atoms with van der Waals surface area (Å²) in [7, 11) is 0. The molecule has 15 heavy (non-hydrogen) atoms. The molecule has 2 atom stereocenters. The zero-order valence-electron chi connectivity index (χ0n) is 9.22. The monoisotopic (exact) mass is 220 g/mol. The molecule has 1 unspecified atom stereocenters. The molecule has 3 rings (SSSR count). The Bertz CT molecular complexity index is 376. The predicted molar refractivity (Wildman–Crippen MR) is 64.4 cm³/mol. The molecule has 0 aromatic heterocycles. The fraction of sp³-hybridized carbons (Fsp3) is 0.571. The lowest BCUT2D eigenvalue weighted by atomic mass is 9.82. The number of aryl methyl sites for hydroxylation is 1. The second kappa shape index (κ2) is 3.25. The van der Waals surface area contributed by atoms with Gasteiger partial charge in [0.25, 0.3) is 0 Å². The molecule has 2 saturated carbocycles. The van der Waals surface area contributed by atoms with Crippen LogP contribution in [-0.2, 0) is 5.41 Å². The van der Waals surface area contributed by atoms with Crippen molar-refractivity contribution in [1.29, 1.82) is 0 Å². The van der Waals surface area contributed by atoms with Gasteiger partial charge < -0.3 is 0 Å². The topological polar surface area (TPSA) is 0 Å². The van der Waals surface area contributed by atoms with Crippen LogP contribution in [0.1, 0.15) is 43.2 Å². The molecule has 80 valence electrons. The van der Waals surface area contributed by atoms with Gasteiger partial charge >= 0.3 is 0 Å². The van der Waals surface area contributed by atoms with E-state index < -0.39 is 0 Å². The van der Waals surface area contributed by atoms with Crippen molar-refractivity contribution in [3.8, 4) is 0 Å². The van der Waals surface area contributed by atoms with Gasteiger partial charge in [0.05, 0.1) is 0 Å². The Labute approximate surface area is 96.6 Å². The summed E-state index contributed by atoms with van der Waals surface area (Å²) in [5, 5.41) is 0.913. The van der Waals surface area contributed by atoms with E-state index in [1.54, 1.807) is 0 Å². The minimum Gasteiger partial charge on any atom is -0.0843 e. The zero-order valence-corrected chi connectivity index (χ0v) is 9.98. The second-order valence-electron chi connectivity index (χ2n) is 5.32. The van der Waals surface area contributed by atoms with Crippen molar-refractivity contribution >= 4 is 11.6 Å². The SMILES string of the molecule is Cc1cc(Cl)cc([C@@]23CCCCC2C3)c1. The van der Waals surface area contributed by atoms with Gasteiger partial charge in [-0.2, -0.15) is 0 Å². The Kier molecular flexibility index (Phi) is 2.10. The summed E-state index contributed by atoms with van der Waals surface area (Å²) in [6.45, 7) is 2.15. The Hall–Kier alpha value is -0.490. The van der Waals surface area contributed by atoms with E-state index in [9.17, 15) is 0 Å². The number of rotatable bonds is 1. The number of hydrogen-bond donors (Lipinski definition) is 0. The first-order valence-corrected chi connectivity index (χ1v) is 6.36. The standard InChI is InChI=1S/C14H17Cl/c1-10-6-12(8-13(15)7-10)14-5-3-2-4-11(14)9-14/h6-8,11H,2-5,9H2,1H3/t11?,14-/m1/s1. The number of benzene rings is 1. The Balaban J connectivity index is 1.99. The van der Waals surface area contributed by atoms with E-state index >= 15 is 0 Å². The van der Waals surface area contributed by atoms with Crippen molar-refractivity contribution in [1.82, 2.24) is 0 Å². The highest BCUT2D eigenvalue weighted by Gasteiger charge is 2.55. The molecule has 1 heteroatoms. The van der Waals surface area contributed by atoms with E-state index in [0.717, 1.165) is 10.9 Å². The van der Waals surface area contributed by atoms with Crippen molar-refractivity contribution in [2.24, 2.45) is 5.92 Å². The maximum atomic E-state index is 6.15. The van der Waals surface area contributed by atoms with Gasteiger partial charge in [0, 0.05) is 5.02 Å². The third-order valence-electron chi connectivity index (χ3n) is 4.27.